The number of anilines is 2. The highest BCUT2D eigenvalue weighted by Gasteiger charge is 2.15. The second-order valence-corrected chi connectivity index (χ2v) is 5.30. The van der Waals surface area contributed by atoms with Crippen LogP contribution < -0.4 is 11.1 Å². The normalized spacial score (nSPS) is 10.7. The summed E-state index contributed by atoms with van der Waals surface area (Å²) in [6, 6.07) is 5.38. The number of pyridine rings is 1. The molecule has 6 heteroatoms. The van der Waals surface area contributed by atoms with Gasteiger partial charge in [-0.15, -0.1) is 0 Å². The number of carbonyl (C=O) groups is 1. The van der Waals surface area contributed by atoms with Crippen LogP contribution in [0.2, 0.25) is 0 Å². The summed E-state index contributed by atoms with van der Waals surface area (Å²) in [7, 11) is 0. The van der Waals surface area contributed by atoms with Gasteiger partial charge in [0.15, 0.2) is 0 Å². The van der Waals surface area contributed by atoms with Gasteiger partial charge in [-0.2, -0.15) is 0 Å². The molecule has 0 aliphatic rings. The lowest BCUT2D eigenvalue weighted by Crippen LogP contribution is -2.17. The van der Waals surface area contributed by atoms with Crippen LogP contribution >= 0.6 is 15.9 Å². The van der Waals surface area contributed by atoms with E-state index in [0.29, 0.717) is 17.1 Å². The van der Waals surface area contributed by atoms with Gasteiger partial charge in [0, 0.05) is 12.2 Å². The van der Waals surface area contributed by atoms with Crippen molar-refractivity contribution >= 4 is 33.2 Å². The Balaban J connectivity index is 2.22. The van der Waals surface area contributed by atoms with E-state index in [1.165, 1.54) is 0 Å². The Morgan fingerprint density at radius 2 is 2.21 bits per heavy atom. The van der Waals surface area contributed by atoms with Gasteiger partial charge in [-0.3, -0.25) is 4.79 Å². The minimum Gasteiger partial charge on any atom is -0.397 e. The van der Waals surface area contributed by atoms with E-state index in [2.05, 4.69) is 26.2 Å². The van der Waals surface area contributed by atoms with Crippen LogP contribution in [0.1, 0.15) is 30.4 Å². The van der Waals surface area contributed by atoms with E-state index in [0.717, 1.165) is 4.60 Å². The summed E-state index contributed by atoms with van der Waals surface area (Å²) in [4.78, 5) is 16.3. The molecule has 19 heavy (non-hydrogen) atoms. The average Bonchev–Trinajstić information content (AvgIpc) is 2.74. The maximum Gasteiger partial charge on any atom is 0.272 e. The Hall–Kier alpha value is -1.82. The zero-order valence-corrected chi connectivity index (χ0v) is 12.3. The van der Waals surface area contributed by atoms with Gasteiger partial charge in [-0.1, -0.05) is 0 Å². The molecule has 2 heterocycles. The molecule has 0 aliphatic heterocycles. The van der Waals surface area contributed by atoms with Gasteiger partial charge in [0.1, 0.15) is 10.3 Å². The lowest BCUT2D eigenvalue weighted by molar-refractivity contribution is 0.101. The van der Waals surface area contributed by atoms with Crippen LogP contribution in [0.5, 0.6) is 0 Å². The fraction of sp³-hybridized carbons (Fsp3) is 0.231. The van der Waals surface area contributed by atoms with Crippen molar-refractivity contribution in [2.45, 2.75) is 19.9 Å². The molecule has 0 radical (unpaired) electrons. The lowest BCUT2D eigenvalue weighted by Gasteiger charge is -2.12. The summed E-state index contributed by atoms with van der Waals surface area (Å²) in [5, 5.41) is 2.80. The summed E-state index contributed by atoms with van der Waals surface area (Å²) in [6.45, 7) is 3.99. The van der Waals surface area contributed by atoms with Gasteiger partial charge in [0.25, 0.3) is 5.91 Å². The maximum absolute atomic E-state index is 12.2. The minimum absolute atomic E-state index is 0.168. The molecule has 3 N–H and O–H groups in total. The topological polar surface area (TPSA) is 72.9 Å². The Kier molecular flexibility index (Phi) is 3.90. The smallest absolute Gasteiger partial charge is 0.272 e. The number of nitrogens with one attached hydrogen (secondary N) is 1. The fourth-order valence-corrected chi connectivity index (χ4v) is 1.99. The molecule has 0 saturated carbocycles. The highest BCUT2D eigenvalue weighted by atomic mass is 79.9. The maximum atomic E-state index is 12.2. The molecule has 0 saturated heterocycles. The SMILES string of the molecule is CC(C)n1cc(N)cc1C(=O)Nc1ccc(Br)nc1. The molecule has 2 aromatic heterocycles. The minimum atomic E-state index is -0.200. The third-order valence-corrected chi connectivity index (χ3v) is 3.11. The Morgan fingerprint density at radius 1 is 1.47 bits per heavy atom. The summed E-state index contributed by atoms with van der Waals surface area (Å²) in [5.41, 5.74) is 7.50. The molecule has 0 fully saturated rings. The number of hydrogen-bond donors (Lipinski definition) is 2. The van der Waals surface area contributed by atoms with Crippen molar-refractivity contribution in [2.75, 3.05) is 11.1 Å². The van der Waals surface area contributed by atoms with E-state index in [1.807, 2.05) is 18.4 Å². The molecule has 0 aromatic carbocycles. The van der Waals surface area contributed by atoms with E-state index in [9.17, 15) is 4.79 Å². The van der Waals surface area contributed by atoms with Crippen molar-refractivity contribution in [3.8, 4) is 0 Å². The first-order valence-corrected chi connectivity index (χ1v) is 6.67. The molecule has 5 nitrogen and oxygen atoms in total. The first-order valence-electron chi connectivity index (χ1n) is 5.87. The van der Waals surface area contributed by atoms with Crippen molar-refractivity contribution in [2.24, 2.45) is 0 Å². The van der Waals surface area contributed by atoms with Crippen LogP contribution in [0.4, 0.5) is 11.4 Å². The van der Waals surface area contributed by atoms with Crippen molar-refractivity contribution in [1.29, 1.82) is 0 Å². The highest BCUT2D eigenvalue weighted by molar-refractivity contribution is 9.10. The number of hydrogen-bond acceptors (Lipinski definition) is 3. The van der Waals surface area contributed by atoms with Crippen LogP contribution in [-0.2, 0) is 0 Å². The van der Waals surface area contributed by atoms with Crippen molar-refractivity contribution < 1.29 is 4.79 Å². The van der Waals surface area contributed by atoms with Crippen LogP contribution in [0, 0.1) is 0 Å². The van der Waals surface area contributed by atoms with Gasteiger partial charge < -0.3 is 15.6 Å². The molecule has 1 amide bonds. The summed E-state index contributed by atoms with van der Waals surface area (Å²) in [6.07, 6.45) is 3.35. The predicted molar refractivity (Wildman–Crippen MR) is 79.1 cm³/mol. The fourth-order valence-electron chi connectivity index (χ4n) is 1.75. The first-order chi connectivity index (χ1) is 8.97. The van der Waals surface area contributed by atoms with Gasteiger partial charge in [0.05, 0.1) is 17.6 Å². The molecule has 0 atom stereocenters. The third-order valence-electron chi connectivity index (χ3n) is 2.64. The zero-order chi connectivity index (χ0) is 14.0. The standard InChI is InChI=1S/C13H15BrN4O/c1-8(2)18-7-9(15)5-11(18)13(19)17-10-3-4-12(14)16-6-10/h3-8H,15H2,1-2H3,(H,17,19). The van der Waals surface area contributed by atoms with E-state index in [1.54, 1.807) is 30.6 Å². The van der Waals surface area contributed by atoms with E-state index in [4.69, 9.17) is 5.73 Å². The van der Waals surface area contributed by atoms with Crippen molar-refractivity contribution in [3.63, 3.8) is 0 Å². The van der Waals surface area contributed by atoms with Gasteiger partial charge in [-0.25, -0.2) is 4.98 Å². The molecule has 2 rings (SSSR count). The summed E-state index contributed by atoms with van der Waals surface area (Å²) < 4.78 is 2.57. The van der Waals surface area contributed by atoms with Crippen LogP contribution in [0.25, 0.3) is 0 Å². The first kappa shape index (κ1) is 13.6. The van der Waals surface area contributed by atoms with Crippen molar-refractivity contribution in [1.82, 2.24) is 9.55 Å². The molecular weight excluding hydrogens is 308 g/mol. The molecule has 0 spiro atoms. The third kappa shape index (κ3) is 3.14. The van der Waals surface area contributed by atoms with Crippen molar-refractivity contribution in [3.05, 3.63) is 40.9 Å². The van der Waals surface area contributed by atoms with Gasteiger partial charge in [-0.05, 0) is 48.0 Å². The molecule has 100 valence electrons. The Labute approximate surface area is 120 Å². The summed E-state index contributed by atoms with van der Waals surface area (Å²) in [5.74, 6) is -0.200. The predicted octanol–water partition coefficient (Wildman–Crippen LogP) is 3.06. The molecular formula is C13H15BrN4O. The monoisotopic (exact) mass is 322 g/mol. The van der Waals surface area contributed by atoms with Crippen LogP contribution in [0.3, 0.4) is 0 Å². The molecule has 2 aromatic rings. The molecule has 0 aliphatic carbocycles. The number of nitrogens with zero attached hydrogens (tertiary/aromatic N) is 2. The second kappa shape index (κ2) is 5.44. The Morgan fingerprint density at radius 3 is 2.79 bits per heavy atom. The number of amides is 1. The largest absolute Gasteiger partial charge is 0.397 e. The highest BCUT2D eigenvalue weighted by Crippen LogP contribution is 2.18. The number of halogens is 1. The van der Waals surface area contributed by atoms with Gasteiger partial charge in [0.2, 0.25) is 0 Å². The average molecular weight is 323 g/mol. The van der Waals surface area contributed by atoms with Crippen LogP contribution in [-0.4, -0.2) is 15.5 Å². The second-order valence-electron chi connectivity index (χ2n) is 4.48. The number of nitrogen functional groups attached to an aromatic ring is 1. The van der Waals surface area contributed by atoms with Crippen LogP contribution in [0.15, 0.2) is 35.2 Å². The zero-order valence-electron chi connectivity index (χ0n) is 10.7. The number of rotatable bonds is 3. The molecule has 0 bridgehead atoms. The quantitative estimate of drug-likeness (QED) is 0.853. The molecule has 0 unspecified atom stereocenters. The number of aromatic nitrogens is 2. The van der Waals surface area contributed by atoms with E-state index < -0.39 is 0 Å². The van der Waals surface area contributed by atoms with Gasteiger partial charge >= 0.3 is 0 Å². The van der Waals surface area contributed by atoms with E-state index in [-0.39, 0.29) is 11.9 Å². The van der Waals surface area contributed by atoms with E-state index >= 15 is 0 Å². The lowest BCUT2D eigenvalue weighted by atomic mass is 10.3. The summed E-state index contributed by atoms with van der Waals surface area (Å²) >= 11 is 3.25. The number of nitrogens with two attached hydrogens (primary N) is 1. The Bertz CT molecular complexity index is 589. The number of carbonyl (C=O) groups excluding carboxylic acids is 1.